The van der Waals surface area contributed by atoms with Crippen LogP contribution in [0, 0.1) is 17.3 Å². The van der Waals surface area contributed by atoms with E-state index in [9.17, 15) is 9.59 Å². The lowest BCUT2D eigenvalue weighted by Crippen LogP contribution is -2.39. The number of carbonyl (C=O) groups is 2. The Morgan fingerprint density at radius 1 is 1.17 bits per heavy atom. The van der Waals surface area contributed by atoms with E-state index in [1.165, 1.54) is 25.4 Å². The maximum atomic E-state index is 12.3. The van der Waals surface area contributed by atoms with Crippen molar-refractivity contribution in [2.45, 2.75) is 32.6 Å². The van der Waals surface area contributed by atoms with E-state index in [1.807, 2.05) is 0 Å². The molecule has 5 nitrogen and oxygen atoms in total. The molecule has 0 spiro atoms. The van der Waals surface area contributed by atoms with E-state index < -0.39 is 17.4 Å². The molecule has 1 fully saturated rings. The van der Waals surface area contributed by atoms with E-state index in [1.54, 1.807) is 7.11 Å². The minimum atomic E-state index is -1.17. The average molecular weight is 322 g/mol. The molecule has 0 aromatic rings. The Balaban J connectivity index is 2.31. The van der Waals surface area contributed by atoms with Gasteiger partial charge >= 0.3 is 11.9 Å². The quantitative estimate of drug-likeness (QED) is 0.452. The fourth-order valence-corrected chi connectivity index (χ4v) is 3.98. The van der Waals surface area contributed by atoms with Crippen molar-refractivity contribution in [3.05, 3.63) is 23.3 Å². The number of carbonyl (C=O) groups excluding carboxylic acids is 2. The van der Waals surface area contributed by atoms with Crippen molar-refractivity contribution >= 4 is 11.9 Å². The van der Waals surface area contributed by atoms with Crippen LogP contribution in [0.3, 0.4) is 0 Å². The van der Waals surface area contributed by atoms with Crippen LogP contribution in [-0.2, 0) is 23.8 Å². The highest BCUT2D eigenvalue weighted by Crippen LogP contribution is 2.50. The highest BCUT2D eigenvalue weighted by molar-refractivity contribution is 6.00. The maximum Gasteiger partial charge on any atom is 0.323 e. The van der Waals surface area contributed by atoms with Crippen LogP contribution in [-0.4, -0.2) is 39.9 Å². The first kappa shape index (κ1) is 17.7. The lowest BCUT2D eigenvalue weighted by molar-refractivity contribution is -0.169. The van der Waals surface area contributed by atoms with Gasteiger partial charge in [-0.3, -0.25) is 9.59 Å². The molecule has 23 heavy (non-hydrogen) atoms. The summed E-state index contributed by atoms with van der Waals surface area (Å²) < 4.78 is 15.1. The fraction of sp³-hybridized carbons (Fsp3) is 0.667. The van der Waals surface area contributed by atoms with Gasteiger partial charge in [0, 0.05) is 7.11 Å². The molecule has 0 saturated heterocycles. The Bertz CT molecular complexity index is 516. The van der Waals surface area contributed by atoms with Crippen LogP contribution in [0.15, 0.2) is 23.3 Å². The Morgan fingerprint density at radius 3 is 2.39 bits per heavy atom. The number of hydrogen-bond donors (Lipinski definition) is 0. The van der Waals surface area contributed by atoms with Crippen LogP contribution < -0.4 is 0 Å². The minimum Gasteiger partial charge on any atom is -0.468 e. The highest BCUT2D eigenvalue weighted by atomic mass is 16.5. The Kier molecular flexibility index (Phi) is 5.63. The second-order valence-electron chi connectivity index (χ2n) is 6.62. The van der Waals surface area contributed by atoms with Gasteiger partial charge < -0.3 is 14.2 Å². The molecule has 0 bridgehead atoms. The minimum absolute atomic E-state index is 0.188. The fourth-order valence-electron chi connectivity index (χ4n) is 3.98. The molecule has 128 valence electrons. The molecule has 0 aromatic heterocycles. The highest BCUT2D eigenvalue weighted by Gasteiger charge is 2.56. The largest absolute Gasteiger partial charge is 0.468 e. The molecule has 1 saturated carbocycles. The third kappa shape index (κ3) is 3.50. The molecule has 2 atom stereocenters. The van der Waals surface area contributed by atoms with Gasteiger partial charge in [-0.1, -0.05) is 17.7 Å². The number of hydrogen-bond acceptors (Lipinski definition) is 5. The van der Waals surface area contributed by atoms with Crippen molar-refractivity contribution < 1.29 is 23.8 Å². The molecule has 2 aliphatic rings. The summed E-state index contributed by atoms with van der Waals surface area (Å²) in [6, 6.07) is 0. The summed E-state index contributed by atoms with van der Waals surface area (Å²) in [7, 11) is 4.34. The van der Waals surface area contributed by atoms with Gasteiger partial charge in [0.1, 0.15) is 0 Å². The number of esters is 2. The molecule has 0 amide bonds. The molecule has 0 radical (unpaired) electrons. The zero-order valence-corrected chi connectivity index (χ0v) is 14.4. The van der Waals surface area contributed by atoms with Gasteiger partial charge in [-0.2, -0.15) is 0 Å². The molecule has 0 aliphatic heterocycles. The molecule has 2 aliphatic carbocycles. The molecular weight excluding hydrogens is 296 g/mol. The Morgan fingerprint density at radius 2 is 1.83 bits per heavy atom. The van der Waals surface area contributed by atoms with Crippen LogP contribution in [0.2, 0.25) is 0 Å². The predicted molar refractivity (Wildman–Crippen MR) is 85.6 cm³/mol. The molecule has 0 N–H and O–H groups in total. The number of allylic oxidation sites excluding steroid dienone is 3. The Labute approximate surface area is 137 Å². The third-order valence-electron chi connectivity index (χ3n) is 5.00. The maximum absolute atomic E-state index is 12.3. The first-order valence-corrected chi connectivity index (χ1v) is 7.97. The number of ether oxygens (including phenoxy) is 3. The van der Waals surface area contributed by atoms with Crippen LogP contribution in [0.1, 0.15) is 32.6 Å². The van der Waals surface area contributed by atoms with Gasteiger partial charge in [0.25, 0.3) is 0 Å². The molecule has 0 unspecified atom stereocenters. The zero-order valence-electron chi connectivity index (χ0n) is 14.4. The van der Waals surface area contributed by atoms with Gasteiger partial charge in [0.2, 0.25) is 0 Å². The van der Waals surface area contributed by atoms with E-state index in [4.69, 9.17) is 14.2 Å². The zero-order chi connectivity index (χ0) is 17.0. The van der Waals surface area contributed by atoms with Crippen molar-refractivity contribution in [2.24, 2.45) is 17.3 Å². The van der Waals surface area contributed by atoms with E-state index >= 15 is 0 Å². The molecule has 5 heteroatoms. The van der Waals surface area contributed by atoms with Gasteiger partial charge in [0.15, 0.2) is 5.41 Å². The summed E-state index contributed by atoms with van der Waals surface area (Å²) in [5, 5.41) is 0. The van der Waals surface area contributed by atoms with E-state index in [0.29, 0.717) is 19.4 Å². The second-order valence-corrected chi connectivity index (χ2v) is 6.62. The summed E-state index contributed by atoms with van der Waals surface area (Å²) >= 11 is 0. The smallest absolute Gasteiger partial charge is 0.323 e. The average Bonchev–Trinajstić information content (AvgIpc) is 2.88. The van der Waals surface area contributed by atoms with Crippen LogP contribution in [0.25, 0.3) is 0 Å². The standard InChI is InChI=1S/C18H26O5/c1-12-7-13(11-21-2)5-6-14-9-18(16(19)22-3,17(20)23-4)10-15(14)8-12/h5,8,14-15H,6-7,9-11H2,1-4H3/b12-8-,13-5+/t14-,15+/m0/s1. The van der Waals surface area contributed by atoms with Crippen molar-refractivity contribution in [3.63, 3.8) is 0 Å². The lowest BCUT2D eigenvalue weighted by atomic mass is 9.84. The summed E-state index contributed by atoms with van der Waals surface area (Å²) in [5.74, 6) is -0.546. The number of fused-ring (bicyclic) bond motifs is 1. The van der Waals surface area contributed by atoms with Crippen LogP contribution in [0.4, 0.5) is 0 Å². The summed E-state index contributed by atoms with van der Waals surface area (Å²) in [5.41, 5.74) is 1.32. The number of methoxy groups -OCH3 is 3. The normalized spacial score (nSPS) is 30.8. The first-order chi connectivity index (χ1) is 11.0. The second kappa shape index (κ2) is 7.30. The van der Waals surface area contributed by atoms with Crippen molar-refractivity contribution in [1.29, 1.82) is 0 Å². The van der Waals surface area contributed by atoms with E-state index in [-0.39, 0.29) is 11.8 Å². The van der Waals surface area contributed by atoms with Crippen LogP contribution in [0.5, 0.6) is 0 Å². The van der Waals surface area contributed by atoms with Gasteiger partial charge in [-0.15, -0.1) is 0 Å². The monoisotopic (exact) mass is 322 g/mol. The Hall–Kier alpha value is -1.62. The predicted octanol–water partition coefficient (Wildman–Crippen LogP) is 2.66. The number of rotatable bonds is 4. The van der Waals surface area contributed by atoms with Gasteiger partial charge in [-0.05, 0) is 50.0 Å². The molecule has 2 rings (SSSR count). The van der Waals surface area contributed by atoms with Crippen molar-refractivity contribution in [1.82, 2.24) is 0 Å². The summed E-state index contributed by atoms with van der Waals surface area (Å²) in [6.07, 6.45) is 7.05. The SMILES string of the molecule is COC/C1=C/C[C@H]2CC(C(=O)OC)(C(=O)OC)C[C@H]2/C=C(/C)C1. The van der Waals surface area contributed by atoms with Crippen LogP contribution >= 0.6 is 0 Å². The summed E-state index contributed by atoms with van der Waals surface area (Å²) in [6.45, 7) is 2.70. The summed E-state index contributed by atoms with van der Waals surface area (Å²) in [4.78, 5) is 24.6. The lowest BCUT2D eigenvalue weighted by Gasteiger charge is -2.23. The van der Waals surface area contributed by atoms with Crippen molar-refractivity contribution in [3.8, 4) is 0 Å². The van der Waals surface area contributed by atoms with E-state index in [2.05, 4.69) is 19.1 Å². The van der Waals surface area contributed by atoms with Gasteiger partial charge in [0.05, 0.1) is 20.8 Å². The van der Waals surface area contributed by atoms with Crippen molar-refractivity contribution in [2.75, 3.05) is 27.9 Å². The molecule has 0 heterocycles. The first-order valence-electron chi connectivity index (χ1n) is 7.97. The van der Waals surface area contributed by atoms with Gasteiger partial charge in [-0.25, -0.2) is 0 Å². The molecule has 0 aromatic carbocycles. The third-order valence-corrected chi connectivity index (χ3v) is 5.00. The topological polar surface area (TPSA) is 61.8 Å². The molecular formula is C18H26O5. The van der Waals surface area contributed by atoms with E-state index in [0.717, 1.165) is 12.8 Å².